The summed E-state index contributed by atoms with van der Waals surface area (Å²) in [6.45, 7) is 11.4. The summed E-state index contributed by atoms with van der Waals surface area (Å²) in [5.74, 6) is 1.31. The summed E-state index contributed by atoms with van der Waals surface area (Å²) in [5, 5.41) is 12.3. The smallest absolute Gasteiger partial charge is 0.490 e. The van der Waals surface area contributed by atoms with Crippen LogP contribution in [0.1, 0.15) is 59.8 Å². The van der Waals surface area contributed by atoms with E-state index < -0.39 is 7.12 Å². The summed E-state index contributed by atoms with van der Waals surface area (Å²) in [5.41, 5.74) is 6.98. The first-order valence-corrected chi connectivity index (χ1v) is 22.8. The monoisotopic (exact) mass is 938 g/mol. The molecule has 4 N–H and O–H groups in total. The number of fused-ring (bicyclic) bond motifs is 10. The summed E-state index contributed by atoms with van der Waals surface area (Å²) < 4.78 is 33.2. The van der Waals surface area contributed by atoms with E-state index >= 15 is 0 Å². The van der Waals surface area contributed by atoms with Gasteiger partial charge in [-0.3, -0.25) is 29.5 Å². The molecule has 0 unspecified atom stereocenters. The van der Waals surface area contributed by atoms with Gasteiger partial charge in [0.25, 0.3) is 11.8 Å². The molecule has 350 valence electrons. The van der Waals surface area contributed by atoms with Crippen LogP contribution in [0.25, 0.3) is 54.6 Å². The SMILES string of the molecule is COCCOc1cncc(-c2cc3c(ccc4c5c([nH]c43)CCNC5=O)cn2)c1.COCCOc1cncc(B2OC(C)(C)C(C)(C)O2)c1.O=C1NCCc2nc3c(ccc4c[nH]c(Cl)cc43)c21. The molecule has 1 fully saturated rings. The first-order valence-electron chi connectivity index (χ1n) is 22.4. The minimum absolute atomic E-state index is 0.0174. The van der Waals surface area contributed by atoms with E-state index in [9.17, 15) is 9.59 Å². The number of hydrogen-bond acceptors (Lipinski definition) is 12. The van der Waals surface area contributed by atoms with Crippen molar-refractivity contribution in [3.63, 3.8) is 0 Å². The minimum atomic E-state index is -0.418. The van der Waals surface area contributed by atoms with Gasteiger partial charge in [0, 0.05) is 114 Å². The van der Waals surface area contributed by atoms with Crippen LogP contribution in [-0.2, 0) is 31.6 Å². The maximum atomic E-state index is 12.4. The summed E-state index contributed by atoms with van der Waals surface area (Å²) >= 11 is 6.01. The van der Waals surface area contributed by atoms with Gasteiger partial charge in [0.15, 0.2) is 0 Å². The topological polar surface area (TPSA) is 197 Å². The van der Waals surface area contributed by atoms with Crippen LogP contribution in [0.15, 0.2) is 85.7 Å². The zero-order valence-electron chi connectivity index (χ0n) is 38.7. The summed E-state index contributed by atoms with van der Waals surface area (Å²) in [6.07, 6.45) is 12.1. The molecular weight excluding hydrogens is 887 g/mol. The molecule has 3 aliphatic rings. The Morgan fingerprint density at radius 3 is 2.10 bits per heavy atom. The van der Waals surface area contributed by atoms with Crippen LogP contribution in [0, 0.1) is 0 Å². The van der Waals surface area contributed by atoms with E-state index in [2.05, 4.69) is 40.5 Å². The fraction of sp³-hybridized carbons (Fsp3) is 0.320. The van der Waals surface area contributed by atoms with Gasteiger partial charge in [0.2, 0.25) is 0 Å². The molecule has 9 heterocycles. The van der Waals surface area contributed by atoms with E-state index in [0.717, 1.165) is 89.9 Å². The number of amides is 2. The number of pyridine rings is 4. The quantitative estimate of drug-likeness (QED) is 0.0615. The van der Waals surface area contributed by atoms with Crippen molar-refractivity contribution >= 4 is 79.3 Å². The Hall–Kier alpha value is -6.63. The Kier molecular flexibility index (Phi) is 13.4. The number of nitrogens with zero attached hydrogens (tertiary/aromatic N) is 4. The van der Waals surface area contributed by atoms with Crippen LogP contribution in [0.5, 0.6) is 11.5 Å². The lowest BCUT2D eigenvalue weighted by molar-refractivity contribution is 0.00578. The number of methoxy groups -OCH3 is 2. The van der Waals surface area contributed by atoms with Gasteiger partial charge in [0.1, 0.15) is 29.9 Å². The minimum Gasteiger partial charge on any atom is -0.490 e. The molecule has 18 heteroatoms. The van der Waals surface area contributed by atoms with E-state index in [4.69, 9.17) is 39.9 Å². The van der Waals surface area contributed by atoms with Gasteiger partial charge in [-0.05, 0) is 52.0 Å². The molecule has 6 aromatic heterocycles. The lowest BCUT2D eigenvalue weighted by Crippen LogP contribution is -2.41. The van der Waals surface area contributed by atoms with Crippen LogP contribution in [-0.4, -0.2) is 114 Å². The molecule has 2 aromatic carbocycles. The molecule has 1 saturated heterocycles. The molecule has 0 saturated carbocycles. The summed E-state index contributed by atoms with van der Waals surface area (Å²) in [6, 6.07) is 15.6. The zero-order chi connectivity index (χ0) is 47.6. The number of carbonyl (C=O) groups is 2. The van der Waals surface area contributed by atoms with E-state index in [1.807, 2.05) is 88.6 Å². The fourth-order valence-corrected chi connectivity index (χ4v) is 8.54. The average molecular weight is 939 g/mol. The predicted molar refractivity (Wildman–Crippen MR) is 262 cm³/mol. The molecule has 8 aromatic rings. The van der Waals surface area contributed by atoms with Crippen molar-refractivity contribution < 1.29 is 37.8 Å². The van der Waals surface area contributed by atoms with Crippen molar-refractivity contribution in [1.29, 1.82) is 0 Å². The van der Waals surface area contributed by atoms with Crippen LogP contribution >= 0.6 is 11.6 Å². The second-order valence-corrected chi connectivity index (χ2v) is 18.0. The van der Waals surface area contributed by atoms with E-state index in [1.165, 1.54) is 0 Å². The molecule has 16 nitrogen and oxygen atoms in total. The molecule has 68 heavy (non-hydrogen) atoms. The van der Waals surface area contributed by atoms with Gasteiger partial charge in [0.05, 0.1) is 70.4 Å². The van der Waals surface area contributed by atoms with Gasteiger partial charge in [-0.25, -0.2) is 0 Å². The number of halogens is 1. The molecule has 11 rings (SSSR count). The van der Waals surface area contributed by atoms with Crippen LogP contribution < -0.4 is 25.6 Å². The zero-order valence-corrected chi connectivity index (χ0v) is 39.5. The number of hydrogen-bond donors (Lipinski definition) is 4. The van der Waals surface area contributed by atoms with Crippen LogP contribution in [0.2, 0.25) is 5.15 Å². The maximum absolute atomic E-state index is 12.4. The largest absolute Gasteiger partial charge is 0.496 e. The Balaban J connectivity index is 0.000000132. The number of benzene rings is 2. The number of rotatable bonds is 10. The fourth-order valence-electron chi connectivity index (χ4n) is 8.38. The molecule has 0 bridgehead atoms. The van der Waals surface area contributed by atoms with Crippen molar-refractivity contribution in [2.45, 2.75) is 51.7 Å². The second-order valence-electron chi connectivity index (χ2n) is 17.6. The lowest BCUT2D eigenvalue weighted by Gasteiger charge is -2.32. The third kappa shape index (κ3) is 9.44. The van der Waals surface area contributed by atoms with Gasteiger partial charge in [-0.2, -0.15) is 0 Å². The lowest BCUT2D eigenvalue weighted by atomic mass is 9.80. The van der Waals surface area contributed by atoms with Crippen LogP contribution in [0.4, 0.5) is 0 Å². The van der Waals surface area contributed by atoms with E-state index in [0.29, 0.717) is 61.7 Å². The summed E-state index contributed by atoms with van der Waals surface area (Å²) in [7, 11) is 2.86. The van der Waals surface area contributed by atoms with Crippen molar-refractivity contribution in [3.8, 4) is 22.8 Å². The molecule has 0 atom stereocenters. The summed E-state index contributed by atoms with van der Waals surface area (Å²) in [4.78, 5) is 48.5. The van der Waals surface area contributed by atoms with E-state index in [1.54, 1.807) is 39.0 Å². The molecular formula is C50H52BClN8O8. The highest BCUT2D eigenvalue weighted by molar-refractivity contribution is 6.62. The Morgan fingerprint density at radius 2 is 1.37 bits per heavy atom. The number of aromatic amines is 2. The Labute approximate surface area is 397 Å². The first-order chi connectivity index (χ1) is 32.8. The van der Waals surface area contributed by atoms with Gasteiger partial charge in [-0.15, -0.1) is 0 Å². The average Bonchev–Trinajstić information content (AvgIpc) is 3.99. The highest BCUT2D eigenvalue weighted by Crippen LogP contribution is 2.37. The third-order valence-corrected chi connectivity index (χ3v) is 12.8. The highest BCUT2D eigenvalue weighted by Gasteiger charge is 2.52. The number of H-pyrrole nitrogens is 2. The van der Waals surface area contributed by atoms with Gasteiger partial charge < -0.3 is 48.9 Å². The number of ether oxygens (including phenoxy) is 4. The second kappa shape index (κ2) is 19.5. The maximum Gasteiger partial charge on any atom is 0.496 e. The highest BCUT2D eigenvalue weighted by atomic mass is 35.5. The molecule has 0 spiro atoms. The van der Waals surface area contributed by atoms with Crippen LogP contribution in [0.3, 0.4) is 0 Å². The standard InChI is InChI=1S/C22H20N4O3.C14H22BNO4.C14H10ClN3O/c1-28-6-7-29-15-8-14(10-23-12-15)19-9-17-13(11-25-19)2-3-16-20-18(26-21(16)17)4-5-24-22(20)27;1-13(2)14(3,4)20-15(19-13)11-8-12(10-16-9-11)18-7-6-17-5;15-11-5-9-7(6-17-11)1-2-8-12-10(18-13(8)9)3-4-16-14(12)19/h2-3,8-12,26H,4-7H2,1H3,(H,24,27);8-10H,6-7H2,1-5H3;1-2,5-6,17H,3-4H2,(H,16,19). The number of aromatic nitrogens is 6. The van der Waals surface area contributed by atoms with E-state index in [-0.39, 0.29) is 23.0 Å². The normalized spacial score (nSPS) is 15.8. The first kappa shape index (κ1) is 46.5. The number of carbonyl (C=O) groups excluding carboxylic acids is 2. The third-order valence-electron chi connectivity index (χ3n) is 12.6. The van der Waals surface area contributed by atoms with Crippen molar-refractivity contribution in [3.05, 3.63) is 113 Å². The molecule has 0 aliphatic carbocycles. The predicted octanol–water partition coefficient (Wildman–Crippen LogP) is 7.15. The van der Waals surface area contributed by atoms with Gasteiger partial charge >= 0.3 is 7.12 Å². The Morgan fingerprint density at radius 1 is 0.706 bits per heavy atom. The molecule has 2 amide bonds. The molecule has 3 aliphatic heterocycles. The van der Waals surface area contributed by atoms with Gasteiger partial charge in [-0.1, -0.05) is 35.9 Å². The van der Waals surface area contributed by atoms with Crippen molar-refractivity contribution in [2.24, 2.45) is 0 Å². The number of nitrogens with one attached hydrogen (secondary N) is 4. The molecule has 0 radical (unpaired) electrons. The van der Waals surface area contributed by atoms with Crippen molar-refractivity contribution in [2.75, 3.05) is 53.7 Å². The van der Waals surface area contributed by atoms with Crippen molar-refractivity contribution in [1.82, 2.24) is 40.5 Å². The Bertz CT molecular complexity index is 3160.